The third-order valence-corrected chi connectivity index (χ3v) is 7.45. The molecule has 0 N–H and O–H groups in total. The number of amides is 1. The molecule has 5 nitrogen and oxygen atoms in total. The van der Waals surface area contributed by atoms with E-state index in [4.69, 9.17) is 16.3 Å². The maximum atomic E-state index is 13.3. The average molecular weight is 450 g/mol. The molecule has 0 aliphatic carbocycles. The molecule has 162 valence electrons. The van der Waals surface area contributed by atoms with Crippen LogP contribution in [-0.4, -0.2) is 43.4 Å². The van der Waals surface area contributed by atoms with Crippen LogP contribution in [0.25, 0.3) is 0 Å². The Balaban J connectivity index is 1.77. The van der Waals surface area contributed by atoms with Gasteiger partial charge in [0.25, 0.3) is 5.91 Å². The van der Waals surface area contributed by atoms with E-state index in [2.05, 4.69) is 6.92 Å². The number of ether oxygens (including phenoxy) is 1. The van der Waals surface area contributed by atoms with E-state index in [0.717, 1.165) is 30.6 Å². The van der Waals surface area contributed by atoms with E-state index < -0.39 is 9.84 Å². The molecule has 1 atom stereocenters. The molecule has 1 saturated heterocycles. The fraction of sp³-hybridized carbons (Fsp3) is 0.435. The van der Waals surface area contributed by atoms with Gasteiger partial charge in [-0.2, -0.15) is 0 Å². The minimum atomic E-state index is -3.13. The lowest BCUT2D eigenvalue weighted by molar-refractivity contribution is 0.0681. The molecular formula is C23H28ClNO4S. The maximum absolute atomic E-state index is 13.3. The molecule has 3 rings (SSSR count). The molecule has 0 aromatic heterocycles. The van der Waals surface area contributed by atoms with Gasteiger partial charge in [-0.15, -0.1) is 0 Å². The van der Waals surface area contributed by atoms with E-state index in [1.54, 1.807) is 35.2 Å². The Morgan fingerprint density at radius 3 is 2.50 bits per heavy atom. The van der Waals surface area contributed by atoms with E-state index in [9.17, 15) is 13.2 Å². The Labute approximate surface area is 183 Å². The fourth-order valence-electron chi connectivity index (χ4n) is 3.60. The van der Waals surface area contributed by atoms with Gasteiger partial charge in [-0.25, -0.2) is 8.42 Å². The van der Waals surface area contributed by atoms with E-state index >= 15 is 0 Å². The van der Waals surface area contributed by atoms with Crippen LogP contribution in [-0.2, 0) is 16.4 Å². The first-order valence-electron chi connectivity index (χ1n) is 10.4. The second kappa shape index (κ2) is 10.3. The highest BCUT2D eigenvalue weighted by Crippen LogP contribution is 2.25. The normalized spacial score (nSPS) is 17.6. The van der Waals surface area contributed by atoms with Crippen LogP contribution in [0.5, 0.6) is 5.75 Å². The smallest absolute Gasteiger partial charge is 0.254 e. The second-order valence-electron chi connectivity index (χ2n) is 7.66. The standard InChI is InChI=1S/C23H28ClNO4S/c1-2-3-6-14-29-21-11-9-18(10-12-21)23(26)25(20-13-15-30(27,28)17-20)16-19-7-4-5-8-22(19)24/h4-5,7-12,20H,2-3,6,13-17H2,1H3/t20-/m1/s1. The molecular weight excluding hydrogens is 422 g/mol. The van der Waals surface area contributed by atoms with Gasteiger partial charge < -0.3 is 9.64 Å². The van der Waals surface area contributed by atoms with Gasteiger partial charge in [0.1, 0.15) is 5.75 Å². The van der Waals surface area contributed by atoms with Crippen molar-refractivity contribution in [1.29, 1.82) is 0 Å². The minimum Gasteiger partial charge on any atom is -0.494 e. The maximum Gasteiger partial charge on any atom is 0.254 e. The molecule has 2 aromatic rings. The number of hydrogen-bond donors (Lipinski definition) is 0. The fourth-order valence-corrected chi connectivity index (χ4v) is 5.53. The summed E-state index contributed by atoms with van der Waals surface area (Å²) in [4.78, 5) is 15.0. The Kier molecular flexibility index (Phi) is 7.78. The molecule has 0 bridgehead atoms. The number of nitrogens with zero attached hydrogens (tertiary/aromatic N) is 1. The lowest BCUT2D eigenvalue weighted by Crippen LogP contribution is -2.40. The van der Waals surface area contributed by atoms with Gasteiger partial charge in [-0.05, 0) is 48.7 Å². The first-order valence-corrected chi connectivity index (χ1v) is 12.6. The molecule has 0 radical (unpaired) electrons. The van der Waals surface area contributed by atoms with Crippen LogP contribution in [0.2, 0.25) is 5.02 Å². The van der Waals surface area contributed by atoms with Crippen LogP contribution in [0.3, 0.4) is 0 Å². The summed E-state index contributed by atoms with van der Waals surface area (Å²) in [5.74, 6) is 0.620. The summed E-state index contributed by atoms with van der Waals surface area (Å²) in [6, 6.07) is 14.0. The Bertz CT molecular complexity index is 959. The van der Waals surface area contributed by atoms with Crippen molar-refractivity contribution in [3.63, 3.8) is 0 Å². The molecule has 7 heteroatoms. The average Bonchev–Trinajstić information content (AvgIpc) is 3.10. The molecule has 1 aliphatic heterocycles. The van der Waals surface area contributed by atoms with Crippen LogP contribution in [0.1, 0.15) is 48.5 Å². The van der Waals surface area contributed by atoms with Gasteiger partial charge in [-0.3, -0.25) is 4.79 Å². The van der Waals surface area contributed by atoms with Gasteiger partial charge in [0.15, 0.2) is 9.84 Å². The molecule has 2 aromatic carbocycles. The topological polar surface area (TPSA) is 63.7 Å². The van der Waals surface area contributed by atoms with Crippen LogP contribution in [0.15, 0.2) is 48.5 Å². The Hall–Kier alpha value is -2.05. The third-order valence-electron chi connectivity index (χ3n) is 5.33. The number of unbranched alkanes of at least 4 members (excludes halogenated alkanes) is 2. The third kappa shape index (κ3) is 5.99. The van der Waals surface area contributed by atoms with Crippen LogP contribution < -0.4 is 4.74 Å². The van der Waals surface area contributed by atoms with Crippen LogP contribution in [0.4, 0.5) is 0 Å². The zero-order valence-electron chi connectivity index (χ0n) is 17.2. The van der Waals surface area contributed by atoms with E-state index in [0.29, 0.717) is 23.6 Å². The van der Waals surface area contributed by atoms with Crippen molar-refractivity contribution in [1.82, 2.24) is 4.90 Å². The summed E-state index contributed by atoms with van der Waals surface area (Å²) >= 11 is 6.30. The summed E-state index contributed by atoms with van der Waals surface area (Å²) in [5.41, 5.74) is 1.31. The molecule has 1 heterocycles. The van der Waals surface area contributed by atoms with Gasteiger partial charge in [0.2, 0.25) is 0 Å². The monoisotopic (exact) mass is 449 g/mol. The Morgan fingerprint density at radius 2 is 1.87 bits per heavy atom. The van der Waals surface area contributed by atoms with Crippen molar-refractivity contribution >= 4 is 27.3 Å². The zero-order valence-corrected chi connectivity index (χ0v) is 18.8. The first kappa shape index (κ1) is 22.6. The lowest BCUT2D eigenvalue weighted by atomic mass is 10.1. The highest BCUT2D eigenvalue weighted by Gasteiger charge is 2.35. The van der Waals surface area contributed by atoms with E-state index in [1.807, 2.05) is 18.2 Å². The van der Waals surface area contributed by atoms with Crippen LogP contribution in [0, 0.1) is 0 Å². The number of carbonyl (C=O) groups excluding carboxylic acids is 1. The summed E-state index contributed by atoms with van der Waals surface area (Å²) in [6.45, 7) is 3.07. The van der Waals surface area contributed by atoms with Crippen molar-refractivity contribution in [3.8, 4) is 5.75 Å². The van der Waals surface area contributed by atoms with E-state index in [-0.39, 0.29) is 30.0 Å². The summed E-state index contributed by atoms with van der Waals surface area (Å²) in [6.07, 6.45) is 3.70. The first-order chi connectivity index (χ1) is 14.4. The van der Waals surface area contributed by atoms with E-state index in [1.165, 1.54) is 0 Å². The van der Waals surface area contributed by atoms with Crippen molar-refractivity contribution in [2.24, 2.45) is 0 Å². The van der Waals surface area contributed by atoms with Gasteiger partial charge in [0.05, 0.1) is 18.1 Å². The molecule has 1 fully saturated rings. The number of sulfone groups is 1. The SMILES string of the molecule is CCCCCOc1ccc(C(=O)N(Cc2ccccc2Cl)[C@@H]2CCS(=O)(=O)C2)cc1. The van der Waals surface area contributed by atoms with Crippen molar-refractivity contribution in [2.75, 3.05) is 18.1 Å². The Morgan fingerprint density at radius 1 is 1.13 bits per heavy atom. The zero-order chi connectivity index (χ0) is 21.6. The second-order valence-corrected chi connectivity index (χ2v) is 10.3. The predicted octanol–water partition coefficient (Wildman–Crippen LogP) is 4.74. The molecule has 0 saturated carbocycles. The summed E-state index contributed by atoms with van der Waals surface area (Å²) in [5, 5.41) is 0.562. The lowest BCUT2D eigenvalue weighted by Gasteiger charge is -2.29. The molecule has 30 heavy (non-hydrogen) atoms. The predicted molar refractivity (Wildman–Crippen MR) is 120 cm³/mol. The largest absolute Gasteiger partial charge is 0.494 e. The number of hydrogen-bond acceptors (Lipinski definition) is 4. The number of halogens is 1. The van der Waals surface area contributed by atoms with Gasteiger partial charge >= 0.3 is 0 Å². The van der Waals surface area contributed by atoms with Crippen molar-refractivity contribution in [2.45, 2.75) is 45.2 Å². The molecule has 1 aliphatic rings. The van der Waals surface area contributed by atoms with Gasteiger partial charge in [-0.1, -0.05) is 49.6 Å². The number of rotatable bonds is 9. The van der Waals surface area contributed by atoms with Crippen molar-refractivity contribution in [3.05, 3.63) is 64.7 Å². The molecule has 0 unspecified atom stereocenters. The number of carbonyl (C=O) groups is 1. The number of benzene rings is 2. The highest BCUT2D eigenvalue weighted by atomic mass is 35.5. The van der Waals surface area contributed by atoms with Crippen molar-refractivity contribution < 1.29 is 17.9 Å². The highest BCUT2D eigenvalue weighted by molar-refractivity contribution is 7.91. The summed E-state index contributed by atoms with van der Waals surface area (Å²) in [7, 11) is -3.13. The van der Waals surface area contributed by atoms with Crippen LogP contribution >= 0.6 is 11.6 Å². The minimum absolute atomic E-state index is 0.0121. The molecule has 0 spiro atoms. The molecule has 1 amide bonds. The summed E-state index contributed by atoms with van der Waals surface area (Å²) < 4.78 is 29.8. The van der Waals surface area contributed by atoms with Gasteiger partial charge in [0, 0.05) is 23.2 Å². The quantitative estimate of drug-likeness (QED) is 0.519.